The highest BCUT2D eigenvalue weighted by atomic mass is 16.5. The fourth-order valence-corrected chi connectivity index (χ4v) is 1.35. The molecule has 0 saturated heterocycles. The first-order valence-corrected chi connectivity index (χ1v) is 5.16. The highest BCUT2D eigenvalue weighted by Gasteiger charge is 2.00. The summed E-state index contributed by atoms with van der Waals surface area (Å²) in [4.78, 5) is 0. The van der Waals surface area contributed by atoms with Gasteiger partial charge in [-0.25, -0.2) is 0 Å². The number of anilines is 1. The Morgan fingerprint density at radius 1 is 1.27 bits per heavy atom. The van der Waals surface area contributed by atoms with Gasteiger partial charge in [0.15, 0.2) is 0 Å². The van der Waals surface area contributed by atoms with E-state index in [1.54, 1.807) is 7.11 Å². The summed E-state index contributed by atoms with van der Waals surface area (Å²) in [5, 5.41) is 0. The molecule has 0 atom stereocenters. The lowest BCUT2D eigenvalue weighted by Crippen LogP contribution is -2.01. The fourth-order valence-electron chi connectivity index (χ4n) is 1.35. The molecule has 0 fully saturated rings. The molecule has 1 rings (SSSR count). The Labute approximate surface area is 91.2 Å². The summed E-state index contributed by atoms with van der Waals surface area (Å²) < 4.78 is 10.5. The maximum atomic E-state index is 5.80. The normalized spacial score (nSPS) is 10.5. The maximum Gasteiger partial charge on any atom is 0.0720 e. The summed E-state index contributed by atoms with van der Waals surface area (Å²) in [6.07, 6.45) is 0.928. The summed E-state index contributed by atoms with van der Waals surface area (Å²) in [6, 6.07) is 5.90. The monoisotopic (exact) mass is 209 g/mol. The van der Waals surface area contributed by atoms with Crippen molar-refractivity contribution in [3.05, 3.63) is 29.3 Å². The Hall–Kier alpha value is -1.06. The average molecular weight is 209 g/mol. The van der Waals surface area contributed by atoms with Crippen LogP contribution in [0.4, 0.5) is 5.69 Å². The standard InChI is InChI=1S/C12H19NO2/c1-10-11(5-3-6-12(10)13)9-15-8-4-7-14-2/h3,5-6H,4,7-9,13H2,1-2H3. The van der Waals surface area contributed by atoms with Gasteiger partial charge in [0, 0.05) is 26.0 Å². The van der Waals surface area contributed by atoms with Gasteiger partial charge in [-0.2, -0.15) is 0 Å². The summed E-state index contributed by atoms with van der Waals surface area (Å²) in [5.74, 6) is 0. The zero-order valence-corrected chi connectivity index (χ0v) is 9.45. The Kier molecular flexibility index (Phi) is 5.15. The number of nitrogen functional groups attached to an aromatic ring is 1. The second-order valence-corrected chi connectivity index (χ2v) is 3.53. The molecule has 3 heteroatoms. The first kappa shape index (κ1) is 12.0. The van der Waals surface area contributed by atoms with Crippen molar-refractivity contribution in [2.24, 2.45) is 0 Å². The van der Waals surface area contributed by atoms with Gasteiger partial charge < -0.3 is 15.2 Å². The van der Waals surface area contributed by atoms with Gasteiger partial charge in [0.05, 0.1) is 6.61 Å². The van der Waals surface area contributed by atoms with Gasteiger partial charge in [-0.3, -0.25) is 0 Å². The van der Waals surface area contributed by atoms with Crippen molar-refractivity contribution >= 4 is 5.69 Å². The summed E-state index contributed by atoms with van der Waals surface area (Å²) in [7, 11) is 1.70. The van der Waals surface area contributed by atoms with Crippen LogP contribution in [0.2, 0.25) is 0 Å². The number of rotatable bonds is 6. The van der Waals surface area contributed by atoms with Gasteiger partial charge in [-0.15, -0.1) is 0 Å². The SMILES string of the molecule is COCCCOCc1cccc(N)c1C. The molecule has 2 N–H and O–H groups in total. The molecule has 3 nitrogen and oxygen atoms in total. The van der Waals surface area contributed by atoms with Crippen LogP contribution < -0.4 is 5.73 Å². The van der Waals surface area contributed by atoms with Crippen LogP contribution in [0.15, 0.2) is 18.2 Å². The molecular formula is C12H19NO2. The number of hydrogen-bond acceptors (Lipinski definition) is 3. The second-order valence-electron chi connectivity index (χ2n) is 3.53. The molecule has 0 amide bonds. The molecule has 0 aliphatic rings. The first-order valence-electron chi connectivity index (χ1n) is 5.16. The van der Waals surface area contributed by atoms with Crippen LogP contribution in [0.5, 0.6) is 0 Å². The lowest BCUT2D eigenvalue weighted by atomic mass is 10.1. The zero-order valence-electron chi connectivity index (χ0n) is 9.45. The van der Waals surface area contributed by atoms with Gasteiger partial charge in [0.2, 0.25) is 0 Å². The van der Waals surface area contributed by atoms with Crippen molar-refractivity contribution in [3.8, 4) is 0 Å². The number of hydrogen-bond donors (Lipinski definition) is 1. The summed E-state index contributed by atoms with van der Waals surface area (Å²) in [6.45, 7) is 4.11. The first-order chi connectivity index (χ1) is 7.25. The van der Waals surface area contributed by atoms with E-state index in [9.17, 15) is 0 Å². The van der Waals surface area contributed by atoms with Gasteiger partial charge in [0.25, 0.3) is 0 Å². The number of methoxy groups -OCH3 is 1. The van der Waals surface area contributed by atoms with Gasteiger partial charge in [-0.1, -0.05) is 12.1 Å². The Morgan fingerprint density at radius 2 is 2.07 bits per heavy atom. The van der Waals surface area contributed by atoms with Crippen molar-refractivity contribution in [2.75, 3.05) is 26.1 Å². The Balaban J connectivity index is 2.34. The van der Waals surface area contributed by atoms with Crippen molar-refractivity contribution in [1.82, 2.24) is 0 Å². The van der Waals surface area contributed by atoms with E-state index in [-0.39, 0.29) is 0 Å². The van der Waals surface area contributed by atoms with Gasteiger partial charge in [-0.05, 0) is 30.5 Å². The van der Waals surface area contributed by atoms with Crippen molar-refractivity contribution in [3.63, 3.8) is 0 Å². The lowest BCUT2D eigenvalue weighted by molar-refractivity contribution is 0.0926. The molecule has 1 aromatic carbocycles. The van der Waals surface area contributed by atoms with Crippen LogP contribution >= 0.6 is 0 Å². The van der Waals surface area contributed by atoms with E-state index in [2.05, 4.69) is 0 Å². The van der Waals surface area contributed by atoms with Crippen LogP contribution in [0, 0.1) is 6.92 Å². The highest BCUT2D eigenvalue weighted by Crippen LogP contribution is 2.16. The van der Waals surface area contributed by atoms with Crippen LogP contribution in [0.25, 0.3) is 0 Å². The Morgan fingerprint density at radius 3 is 2.80 bits per heavy atom. The molecule has 0 heterocycles. The minimum absolute atomic E-state index is 0.626. The van der Waals surface area contributed by atoms with E-state index in [1.165, 1.54) is 0 Å². The van der Waals surface area contributed by atoms with E-state index in [1.807, 2.05) is 25.1 Å². The number of ether oxygens (including phenoxy) is 2. The van der Waals surface area contributed by atoms with E-state index in [4.69, 9.17) is 15.2 Å². The average Bonchev–Trinajstić information content (AvgIpc) is 2.24. The third-order valence-corrected chi connectivity index (χ3v) is 2.38. The molecule has 0 saturated carbocycles. The molecule has 0 aromatic heterocycles. The van der Waals surface area contributed by atoms with Gasteiger partial charge in [0.1, 0.15) is 0 Å². The fraction of sp³-hybridized carbons (Fsp3) is 0.500. The maximum absolute atomic E-state index is 5.80. The van der Waals surface area contributed by atoms with Crippen LogP contribution in [-0.2, 0) is 16.1 Å². The topological polar surface area (TPSA) is 44.5 Å². The second kappa shape index (κ2) is 6.43. The number of nitrogens with two attached hydrogens (primary N) is 1. The van der Waals surface area contributed by atoms with Crippen LogP contribution in [-0.4, -0.2) is 20.3 Å². The summed E-state index contributed by atoms with van der Waals surface area (Å²) in [5.41, 5.74) is 8.90. The molecule has 0 radical (unpaired) electrons. The van der Waals surface area contributed by atoms with Crippen molar-refractivity contribution < 1.29 is 9.47 Å². The third-order valence-electron chi connectivity index (χ3n) is 2.38. The summed E-state index contributed by atoms with van der Waals surface area (Å²) >= 11 is 0. The van der Waals surface area contributed by atoms with Crippen LogP contribution in [0.1, 0.15) is 17.5 Å². The molecule has 0 aliphatic carbocycles. The molecule has 1 aromatic rings. The van der Waals surface area contributed by atoms with Gasteiger partial charge >= 0.3 is 0 Å². The minimum atomic E-state index is 0.626. The lowest BCUT2D eigenvalue weighted by Gasteiger charge is -2.08. The molecular weight excluding hydrogens is 190 g/mol. The largest absolute Gasteiger partial charge is 0.399 e. The molecule has 0 spiro atoms. The van der Waals surface area contributed by atoms with E-state index < -0.39 is 0 Å². The van der Waals surface area contributed by atoms with Crippen molar-refractivity contribution in [2.45, 2.75) is 20.0 Å². The zero-order chi connectivity index (χ0) is 11.1. The van der Waals surface area contributed by atoms with E-state index in [0.29, 0.717) is 6.61 Å². The molecule has 0 unspecified atom stereocenters. The predicted octanol–water partition coefficient (Wildman–Crippen LogP) is 2.13. The van der Waals surface area contributed by atoms with E-state index >= 15 is 0 Å². The molecule has 0 bridgehead atoms. The van der Waals surface area contributed by atoms with E-state index in [0.717, 1.165) is 36.4 Å². The minimum Gasteiger partial charge on any atom is -0.399 e. The molecule has 84 valence electrons. The van der Waals surface area contributed by atoms with Crippen molar-refractivity contribution in [1.29, 1.82) is 0 Å². The Bertz CT molecular complexity index is 300. The quantitative estimate of drug-likeness (QED) is 0.576. The molecule has 15 heavy (non-hydrogen) atoms. The predicted molar refractivity (Wildman–Crippen MR) is 61.7 cm³/mol. The molecule has 0 aliphatic heterocycles. The third kappa shape index (κ3) is 3.90. The smallest absolute Gasteiger partial charge is 0.0720 e. The van der Waals surface area contributed by atoms with Crippen LogP contribution in [0.3, 0.4) is 0 Å². The highest BCUT2D eigenvalue weighted by molar-refractivity contribution is 5.49. The number of benzene rings is 1.